The molecule has 2 atom stereocenters. The lowest BCUT2D eigenvalue weighted by molar-refractivity contribution is 0.00592. The Balaban J connectivity index is 2.66. The summed E-state index contributed by atoms with van der Waals surface area (Å²) in [4.78, 5) is 12.1. The highest BCUT2D eigenvalue weighted by atomic mass is 16.3. The van der Waals surface area contributed by atoms with E-state index < -0.39 is 5.60 Å². The molecule has 1 aromatic heterocycles. The summed E-state index contributed by atoms with van der Waals surface area (Å²) in [5, 5.41) is 17.3. The minimum absolute atomic E-state index is 0.125. The first-order valence-corrected chi connectivity index (χ1v) is 7.13. The van der Waals surface area contributed by atoms with Gasteiger partial charge < -0.3 is 10.4 Å². The van der Waals surface area contributed by atoms with Crippen LogP contribution in [0, 0.1) is 5.92 Å². The van der Waals surface area contributed by atoms with Gasteiger partial charge in [0.05, 0.1) is 22.9 Å². The molecule has 0 aliphatic heterocycles. The largest absolute Gasteiger partial charge is 0.388 e. The van der Waals surface area contributed by atoms with Crippen LogP contribution in [0.1, 0.15) is 58.3 Å². The maximum Gasteiger partial charge on any atom is 0.254 e. The van der Waals surface area contributed by atoms with Crippen LogP contribution in [0.25, 0.3) is 0 Å². The van der Waals surface area contributed by atoms with Gasteiger partial charge in [-0.05, 0) is 33.6 Å². The van der Waals surface area contributed by atoms with Gasteiger partial charge in [-0.2, -0.15) is 5.10 Å². The predicted octanol–water partition coefficient (Wildman–Crippen LogP) is 2.17. The Labute approximate surface area is 121 Å². The van der Waals surface area contributed by atoms with Crippen LogP contribution in [-0.2, 0) is 5.54 Å². The first kappa shape index (κ1) is 16.7. The Hall–Kier alpha value is -1.36. The average Bonchev–Trinajstić information content (AvgIpc) is 2.84. The zero-order valence-electron chi connectivity index (χ0n) is 13.4. The van der Waals surface area contributed by atoms with Crippen LogP contribution >= 0.6 is 0 Å². The molecule has 5 heteroatoms. The van der Waals surface area contributed by atoms with Crippen molar-refractivity contribution in [3.05, 3.63) is 18.0 Å². The van der Waals surface area contributed by atoms with Crippen molar-refractivity contribution in [3.63, 3.8) is 0 Å². The molecule has 0 aliphatic rings. The number of nitrogens with one attached hydrogen (secondary N) is 1. The lowest BCUT2D eigenvalue weighted by Crippen LogP contribution is -2.45. The zero-order chi connectivity index (χ0) is 15.6. The third kappa shape index (κ3) is 4.07. The molecule has 0 saturated carbocycles. The molecular formula is C15H27N3O2. The number of aromatic nitrogens is 2. The monoisotopic (exact) mass is 281 g/mol. The molecule has 20 heavy (non-hydrogen) atoms. The smallest absolute Gasteiger partial charge is 0.254 e. The molecule has 0 radical (unpaired) electrons. The van der Waals surface area contributed by atoms with Gasteiger partial charge in [-0.15, -0.1) is 0 Å². The van der Waals surface area contributed by atoms with Gasteiger partial charge in [0.2, 0.25) is 0 Å². The third-order valence-electron chi connectivity index (χ3n) is 3.81. The summed E-state index contributed by atoms with van der Waals surface area (Å²) in [6.07, 6.45) is 4.15. The first-order valence-electron chi connectivity index (χ1n) is 7.13. The second kappa shape index (κ2) is 5.95. The van der Waals surface area contributed by atoms with E-state index in [9.17, 15) is 9.90 Å². The Kier molecular flexibility index (Phi) is 4.97. The SMILES string of the molecule is CCC(C)C(C)(O)CNC(=O)c1cnn(C(C)(C)C)c1. The van der Waals surface area contributed by atoms with Crippen LogP contribution in [0.2, 0.25) is 0 Å². The molecule has 2 N–H and O–H groups in total. The number of amides is 1. The van der Waals surface area contributed by atoms with E-state index in [0.29, 0.717) is 5.56 Å². The zero-order valence-corrected chi connectivity index (χ0v) is 13.4. The third-order valence-corrected chi connectivity index (χ3v) is 3.81. The number of aliphatic hydroxyl groups is 1. The first-order chi connectivity index (χ1) is 9.08. The summed E-state index contributed by atoms with van der Waals surface area (Å²) in [5.41, 5.74) is -0.537. The van der Waals surface area contributed by atoms with Gasteiger partial charge >= 0.3 is 0 Å². The molecular weight excluding hydrogens is 254 g/mol. The van der Waals surface area contributed by atoms with Crippen molar-refractivity contribution < 1.29 is 9.90 Å². The Morgan fingerprint density at radius 2 is 2.05 bits per heavy atom. The van der Waals surface area contributed by atoms with Crippen molar-refractivity contribution in [2.45, 2.75) is 59.1 Å². The highest BCUT2D eigenvalue weighted by Gasteiger charge is 2.28. The molecule has 0 aliphatic carbocycles. The Morgan fingerprint density at radius 1 is 1.45 bits per heavy atom. The minimum atomic E-state index is -0.898. The maximum absolute atomic E-state index is 12.1. The van der Waals surface area contributed by atoms with E-state index in [-0.39, 0.29) is 23.9 Å². The van der Waals surface area contributed by atoms with E-state index in [1.807, 2.05) is 34.6 Å². The number of carbonyl (C=O) groups excluding carboxylic acids is 1. The minimum Gasteiger partial charge on any atom is -0.388 e. The second-order valence-electron chi connectivity index (χ2n) is 6.69. The number of rotatable bonds is 5. The summed E-state index contributed by atoms with van der Waals surface area (Å²) < 4.78 is 1.76. The van der Waals surface area contributed by atoms with Gasteiger partial charge in [-0.1, -0.05) is 20.3 Å². The summed E-state index contributed by atoms with van der Waals surface area (Å²) in [6, 6.07) is 0. The molecule has 1 aromatic rings. The fourth-order valence-electron chi connectivity index (χ4n) is 1.78. The molecule has 0 fully saturated rings. The van der Waals surface area contributed by atoms with E-state index >= 15 is 0 Å². The molecule has 1 heterocycles. The average molecular weight is 281 g/mol. The lowest BCUT2D eigenvalue weighted by Gasteiger charge is -2.29. The lowest BCUT2D eigenvalue weighted by atomic mass is 9.88. The quantitative estimate of drug-likeness (QED) is 0.869. The van der Waals surface area contributed by atoms with Crippen molar-refractivity contribution >= 4 is 5.91 Å². The number of nitrogens with zero attached hydrogens (tertiary/aromatic N) is 2. The van der Waals surface area contributed by atoms with Gasteiger partial charge in [0.25, 0.3) is 5.91 Å². The van der Waals surface area contributed by atoms with Crippen LogP contribution < -0.4 is 5.32 Å². The van der Waals surface area contributed by atoms with Crippen molar-refractivity contribution in [1.82, 2.24) is 15.1 Å². The molecule has 0 saturated heterocycles. The van der Waals surface area contributed by atoms with E-state index in [1.165, 1.54) is 0 Å². The van der Waals surface area contributed by atoms with E-state index in [1.54, 1.807) is 24.0 Å². The topological polar surface area (TPSA) is 67.2 Å². The molecule has 5 nitrogen and oxygen atoms in total. The van der Waals surface area contributed by atoms with Crippen LogP contribution in [0.4, 0.5) is 0 Å². The van der Waals surface area contributed by atoms with Gasteiger partial charge in [0.1, 0.15) is 0 Å². The summed E-state index contributed by atoms with van der Waals surface area (Å²) in [7, 11) is 0. The fourth-order valence-corrected chi connectivity index (χ4v) is 1.78. The van der Waals surface area contributed by atoms with Crippen LogP contribution in [0.5, 0.6) is 0 Å². The highest BCUT2D eigenvalue weighted by Crippen LogP contribution is 2.19. The number of hydrogen-bond donors (Lipinski definition) is 2. The number of hydrogen-bond acceptors (Lipinski definition) is 3. The van der Waals surface area contributed by atoms with Gasteiger partial charge in [0.15, 0.2) is 0 Å². The summed E-state index contributed by atoms with van der Waals surface area (Å²) in [6.45, 7) is 12.1. The molecule has 1 amide bonds. The van der Waals surface area contributed by atoms with E-state index in [0.717, 1.165) is 6.42 Å². The number of carbonyl (C=O) groups is 1. The second-order valence-corrected chi connectivity index (χ2v) is 6.69. The van der Waals surface area contributed by atoms with Crippen molar-refractivity contribution in [2.75, 3.05) is 6.54 Å². The Bertz CT molecular complexity index is 458. The van der Waals surface area contributed by atoms with Gasteiger partial charge in [-0.3, -0.25) is 9.48 Å². The molecule has 2 unspecified atom stereocenters. The Morgan fingerprint density at radius 3 is 2.50 bits per heavy atom. The van der Waals surface area contributed by atoms with Crippen LogP contribution in [-0.4, -0.2) is 32.9 Å². The van der Waals surface area contributed by atoms with E-state index in [4.69, 9.17) is 0 Å². The fraction of sp³-hybridized carbons (Fsp3) is 0.733. The standard InChI is InChI=1S/C15H27N3O2/c1-7-11(2)15(6,20)10-16-13(19)12-8-17-18(9-12)14(3,4)5/h8-9,11,20H,7,10H2,1-6H3,(H,16,19). The van der Waals surface area contributed by atoms with Crippen LogP contribution in [0.15, 0.2) is 12.4 Å². The molecule has 0 bridgehead atoms. The van der Waals surface area contributed by atoms with Crippen molar-refractivity contribution in [1.29, 1.82) is 0 Å². The molecule has 0 spiro atoms. The summed E-state index contributed by atoms with van der Waals surface area (Å²) in [5.74, 6) is -0.0795. The normalized spacial score (nSPS) is 16.6. The summed E-state index contributed by atoms with van der Waals surface area (Å²) >= 11 is 0. The van der Waals surface area contributed by atoms with E-state index in [2.05, 4.69) is 10.4 Å². The maximum atomic E-state index is 12.1. The van der Waals surface area contributed by atoms with Crippen LogP contribution in [0.3, 0.4) is 0 Å². The molecule has 0 aromatic carbocycles. The molecule has 114 valence electrons. The molecule has 1 rings (SSSR count). The van der Waals surface area contributed by atoms with Gasteiger partial charge in [-0.25, -0.2) is 0 Å². The predicted molar refractivity (Wildman–Crippen MR) is 79.6 cm³/mol. The van der Waals surface area contributed by atoms with Crippen molar-refractivity contribution in [2.24, 2.45) is 5.92 Å². The van der Waals surface area contributed by atoms with Crippen molar-refractivity contribution in [3.8, 4) is 0 Å². The van der Waals surface area contributed by atoms with Gasteiger partial charge in [0, 0.05) is 12.7 Å². The highest BCUT2D eigenvalue weighted by molar-refractivity contribution is 5.93.